The maximum atomic E-state index is 9.50. The van der Waals surface area contributed by atoms with Crippen LogP contribution in [-0.4, -0.2) is 5.11 Å². The Kier molecular flexibility index (Phi) is 2.03. The van der Waals surface area contributed by atoms with Gasteiger partial charge in [-0.1, -0.05) is 13.0 Å². The van der Waals surface area contributed by atoms with Crippen LogP contribution in [0.1, 0.15) is 18.1 Å². The van der Waals surface area contributed by atoms with Crippen LogP contribution in [0, 0.1) is 6.92 Å². The second-order valence-electron chi connectivity index (χ2n) is 2.65. The van der Waals surface area contributed by atoms with Crippen LogP contribution in [0.3, 0.4) is 0 Å². The zero-order valence-electron chi connectivity index (χ0n) is 6.89. The minimum Gasteiger partial charge on any atom is -0.507 e. The van der Waals surface area contributed by atoms with Crippen LogP contribution < -0.4 is 5.73 Å². The molecular weight excluding hydrogens is 138 g/mol. The summed E-state index contributed by atoms with van der Waals surface area (Å²) in [6, 6.07) is 3.65. The Labute approximate surface area is 66.7 Å². The van der Waals surface area contributed by atoms with Crippen LogP contribution >= 0.6 is 0 Å². The molecule has 0 unspecified atom stereocenters. The number of aryl methyl sites for hydroxylation is 1. The first-order chi connectivity index (χ1) is 5.16. The fourth-order valence-electron chi connectivity index (χ4n) is 1.14. The lowest BCUT2D eigenvalue weighted by molar-refractivity contribution is 0.465. The number of anilines is 1. The minimum absolute atomic E-state index is 0.340. The lowest BCUT2D eigenvalue weighted by Crippen LogP contribution is -1.94. The van der Waals surface area contributed by atoms with Crippen LogP contribution in [0.5, 0.6) is 5.75 Å². The predicted molar refractivity (Wildman–Crippen MR) is 46.6 cm³/mol. The predicted octanol–water partition coefficient (Wildman–Crippen LogP) is 1.85. The first-order valence-corrected chi connectivity index (χ1v) is 3.73. The van der Waals surface area contributed by atoms with E-state index in [-0.39, 0.29) is 0 Å². The van der Waals surface area contributed by atoms with Gasteiger partial charge in [0.25, 0.3) is 0 Å². The molecule has 0 aliphatic carbocycles. The number of rotatable bonds is 1. The van der Waals surface area contributed by atoms with E-state index in [1.807, 2.05) is 26.0 Å². The van der Waals surface area contributed by atoms with Gasteiger partial charge in [0.15, 0.2) is 0 Å². The van der Waals surface area contributed by atoms with Crippen molar-refractivity contribution in [2.45, 2.75) is 20.3 Å². The topological polar surface area (TPSA) is 46.2 Å². The SMILES string of the molecule is CCc1c(N)ccc(C)c1O. The minimum atomic E-state index is 0.340. The summed E-state index contributed by atoms with van der Waals surface area (Å²) in [5.74, 6) is 0.340. The van der Waals surface area contributed by atoms with Gasteiger partial charge in [-0.05, 0) is 25.0 Å². The van der Waals surface area contributed by atoms with Crippen molar-refractivity contribution >= 4 is 5.69 Å². The number of hydrogen-bond acceptors (Lipinski definition) is 2. The molecule has 1 rings (SSSR count). The van der Waals surface area contributed by atoms with E-state index in [0.29, 0.717) is 11.4 Å². The van der Waals surface area contributed by atoms with Crippen molar-refractivity contribution in [2.24, 2.45) is 0 Å². The van der Waals surface area contributed by atoms with Crippen molar-refractivity contribution in [3.63, 3.8) is 0 Å². The summed E-state index contributed by atoms with van der Waals surface area (Å²) in [5, 5.41) is 9.50. The Bertz CT molecular complexity index is 269. The van der Waals surface area contributed by atoms with Gasteiger partial charge in [-0.25, -0.2) is 0 Å². The summed E-state index contributed by atoms with van der Waals surface area (Å²) in [6.07, 6.45) is 0.777. The normalized spacial score (nSPS) is 10.0. The highest BCUT2D eigenvalue weighted by atomic mass is 16.3. The molecule has 0 amide bonds. The molecule has 2 heteroatoms. The number of nitrogens with two attached hydrogens (primary N) is 1. The van der Waals surface area contributed by atoms with Gasteiger partial charge in [-0.3, -0.25) is 0 Å². The number of benzene rings is 1. The van der Waals surface area contributed by atoms with Crippen LogP contribution in [0.4, 0.5) is 5.69 Å². The fourth-order valence-corrected chi connectivity index (χ4v) is 1.14. The Morgan fingerprint density at radius 1 is 1.45 bits per heavy atom. The second kappa shape index (κ2) is 2.82. The largest absolute Gasteiger partial charge is 0.507 e. The highest BCUT2D eigenvalue weighted by molar-refractivity contribution is 5.56. The lowest BCUT2D eigenvalue weighted by atomic mass is 10.1. The molecule has 11 heavy (non-hydrogen) atoms. The second-order valence-corrected chi connectivity index (χ2v) is 2.65. The van der Waals surface area contributed by atoms with Crippen molar-refractivity contribution in [3.05, 3.63) is 23.3 Å². The first kappa shape index (κ1) is 7.92. The summed E-state index contributed by atoms with van der Waals surface area (Å²) in [6.45, 7) is 3.85. The van der Waals surface area contributed by atoms with E-state index in [4.69, 9.17) is 5.73 Å². The molecule has 2 nitrogen and oxygen atoms in total. The summed E-state index contributed by atoms with van der Waals surface area (Å²) in [7, 11) is 0. The maximum Gasteiger partial charge on any atom is 0.123 e. The van der Waals surface area contributed by atoms with E-state index in [0.717, 1.165) is 17.5 Å². The molecule has 0 saturated heterocycles. The molecule has 0 aromatic heterocycles. The molecule has 60 valence electrons. The number of nitrogen functional groups attached to an aromatic ring is 1. The quantitative estimate of drug-likeness (QED) is 0.601. The highest BCUT2D eigenvalue weighted by Gasteiger charge is 2.04. The van der Waals surface area contributed by atoms with Crippen molar-refractivity contribution in [1.82, 2.24) is 0 Å². The van der Waals surface area contributed by atoms with E-state index < -0.39 is 0 Å². The number of aromatic hydroxyl groups is 1. The lowest BCUT2D eigenvalue weighted by Gasteiger charge is -2.07. The van der Waals surface area contributed by atoms with Crippen molar-refractivity contribution in [2.75, 3.05) is 5.73 Å². The molecule has 0 spiro atoms. The zero-order chi connectivity index (χ0) is 8.43. The standard InChI is InChI=1S/C9H13NO/c1-3-7-8(10)5-4-6(2)9(7)11/h4-5,11H,3,10H2,1-2H3. The summed E-state index contributed by atoms with van der Waals surface area (Å²) < 4.78 is 0. The smallest absolute Gasteiger partial charge is 0.123 e. The molecule has 0 atom stereocenters. The Morgan fingerprint density at radius 3 is 2.55 bits per heavy atom. The summed E-state index contributed by atoms with van der Waals surface area (Å²) >= 11 is 0. The Hall–Kier alpha value is -1.18. The van der Waals surface area contributed by atoms with Crippen LogP contribution in [-0.2, 0) is 6.42 Å². The van der Waals surface area contributed by atoms with Crippen LogP contribution in [0.15, 0.2) is 12.1 Å². The molecule has 1 aromatic carbocycles. The molecule has 1 aromatic rings. The van der Waals surface area contributed by atoms with E-state index >= 15 is 0 Å². The third-order valence-corrected chi connectivity index (χ3v) is 1.87. The Morgan fingerprint density at radius 2 is 2.09 bits per heavy atom. The summed E-state index contributed by atoms with van der Waals surface area (Å²) in [5.41, 5.74) is 8.05. The third-order valence-electron chi connectivity index (χ3n) is 1.87. The molecule has 0 heterocycles. The van der Waals surface area contributed by atoms with Crippen molar-refractivity contribution < 1.29 is 5.11 Å². The number of phenolic OH excluding ortho intramolecular Hbond substituents is 1. The molecule has 0 bridgehead atoms. The molecule has 3 N–H and O–H groups in total. The van der Waals surface area contributed by atoms with Gasteiger partial charge in [0.1, 0.15) is 5.75 Å². The number of phenols is 1. The van der Waals surface area contributed by atoms with Gasteiger partial charge in [-0.2, -0.15) is 0 Å². The van der Waals surface area contributed by atoms with Crippen molar-refractivity contribution in [3.8, 4) is 5.75 Å². The van der Waals surface area contributed by atoms with Gasteiger partial charge in [0, 0.05) is 11.3 Å². The average molecular weight is 151 g/mol. The molecule has 0 fully saturated rings. The molecular formula is C9H13NO. The van der Waals surface area contributed by atoms with E-state index in [1.54, 1.807) is 0 Å². The molecule has 0 aliphatic heterocycles. The van der Waals surface area contributed by atoms with Crippen LogP contribution in [0.25, 0.3) is 0 Å². The Balaban J connectivity index is 3.29. The van der Waals surface area contributed by atoms with Crippen LogP contribution in [0.2, 0.25) is 0 Å². The fraction of sp³-hybridized carbons (Fsp3) is 0.333. The van der Waals surface area contributed by atoms with Gasteiger partial charge in [0.2, 0.25) is 0 Å². The number of hydrogen-bond donors (Lipinski definition) is 2. The monoisotopic (exact) mass is 151 g/mol. The third kappa shape index (κ3) is 1.29. The van der Waals surface area contributed by atoms with Gasteiger partial charge < -0.3 is 10.8 Å². The highest BCUT2D eigenvalue weighted by Crippen LogP contribution is 2.27. The van der Waals surface area contributed by atoms with Gasteiger partial charge >= 0.3 is 0 Å². The van der Waals surface area contributed by atoms with Crippen molar-refractivity contribution in [1.29, 1.82) is 0 Å². The van der Waals surface area contributed by atoms with E-state index in [1.165, 1.54) is 0 Å². The van der Waals surface area contributed by atoms with Gasteiger partial charge in [0.05, 0.1) is 0 Å². The average Bonchev–Trinajstić information content (AvgIpc) is 1.99. The van der Waals surface area contributed by atoms with E-state index in [2.05, 4.69) is 0 Å². The molecule has 0 saturated carbocycles. The first-order valence-electron chi connectivity index (χ1n) is 3.73. The summed E-state index contributed by atoms with van der Waals surface area (Å²) in [4.78, 5) is 0. The zero-order valence-corrected chi connectivity index (χ0v) is 6.89. The van der Waals surface area contributed by atoms with Gasteiger partial charge in [-0.15, -0.1) is 0 Å². The molecule has 0 aliphatic rings. The maximum absolute atomic E-state index is 9.50. The van der Waals surface area contributed by atoms with E-state index in [9.17, 15) is 5.11 Å². The molecule has 0 radical (unpaired) electrons.